The molecular formula is C23H26N4O5. The molecule has 9 nitrogen and oxygen atoms in total. The summed E-state index contributed by atoms with van der Waals surface area (Å²) in [7, 11) is 2.98. The fourth-order valence-electron chi connectivity index (χ4n) is 3.10. The third kappa shape index (κ3) is 5.23. The molecule has 3 N–H and O–H groups in total. The summed E-state index contributed by atoms with van der Waals surface area (Å²) in [6.07, 6.45) is 0. The lowest BCUT2D eigenvalue weighted by atomic mass is 10.0. The van der Waals surface area contributed by atoms with Crippen LogP contribution < -0.4 is 20.5 Å². The Kier molecular flexibility index (Phi) is 7.09. The number of amides is 1. The molecule has 1 heterocycles. The van der Waals surface area contributed by atoms with Crippen molar-refractivity contribution in [1.82, 2.24) is 15.3 Å². The summed E-state index contributed by atoms with van der Waals surface area (Å²) in [6, 6.07) is 11.2. The number of hydrogen-bond donors (Lipinski definition) is 2. The van der Waals surface area contributed by atoms with E-state index >= 15 is 0 Å². The molecule has 0 aliphatic heterocycles. The van der Waals surface area contributed by atoms with Gasteiger partial charge >= 0.3 is 5.97 Å². The highest BCUT2D eigenvalue weighted by Gasteiger charge is 2.27. The zero-order chi connectivity index (χ0) is 23.3. The number of nitrogens with two attached hydrogens (primary N) is 1. The van der Waals surface area contributed by atoms with E-state index in [-0.39, 0.29) is 18.3 Å². The molecule has 0 bridgehead atoms. The van der Waals surface area contributed by atoms with Crippen LogP contribution in [0.1, 0.15) is 30.0 Å². The van der Waals surface area contributed by atoms with Gasteiger partial charge in [0.05, 0.1) is 19.7 Å². The van der Waals surface area contributed by atoms with Gasteiger partial charge in [-0.1, -0.05) is 26.0 Å². The minimum atomic E-state index is -0.877. The highest BCUT2D eigenvalue weighted by atomic mass is 16.5. The van der Waals surface area contributed by atoms with Gasteiger partial charge in [-0.05, 0) is 30.2 Å². The number of nitrogens with one attached hydrogen (secondary N) is 1. The van der Waals surface area contributed by atoms with Crippen molar-refractivity contribution >= 4 is 28.6 Å². The first kappa shape index (κ1) is 22.8. The minimum absolute atomic E-state index is 0.167. The van der Waals surface area contributed by atoms with Crippen LogP contribution in [0.2, 0.25) is 0 Å². The Hall–Kier alpha value is -3.88. The second kappa shape index (κ2) is 9.95. The van der Waals surface area contributed by atoms with Gasteiger partial charge in [0.15, 0.2) is 12.4 Å². The van der Waals surface area contributed by atoms with Crippen molar-refractivity contribution in [3.8, 4) is 11.5 Å². The van der Waals surface area contributed by atoms with Crippen LogP contribution in [0.3, 0.4) is 0 Å². The number of esters is 1. The van der Waals surface area contributed by atoms with Crippen LogP contribution in [0.5, 0.6) is 11.5 Å². The molecule has 1 aromatic heterocycles. The van der Waals surface area contributed by atoms with Gasteiger partial charge in [0, 0.05) is 17.0 Å². The monoisotopic (exact) mass is 438 g/mol. The van der Waals surface area contributed by atoms with Gasteiger partial charge in [-0.25, -0.2) is 14.8 Å². The standard InChI is InChI=1S/C23H26N4O5/c1-13(2)20(27-22(28)14-9-15(30-3)11-16(10-14)31-4)23(29)32-12-19-25-18-8-6-5-7-17(18)21(24)26-19/h5-11,13,20H,12H2,1-4H3,(H,27,28)(H2,24,25,26)/t20-/m0/s1. The predicted octanol–water partition coefficient (Wildman–Crippen LogP) is 2.73. The molecule has 1 amide bonds. The molecule has 2 aromatic carbocycles. The second-order valence-electron chi connectivity index (χ2n) is 7.45. The lowest BCUT2D eigenvalue weighted by Crippen LogP contribution is -2.45. The fraction of sp³-hybridized carbons (Fsp3) is 0.304. The Morgan fingerprint density at radius 1 is 1.03 bits per heavy atom. The van der Waals surface area contributed by atoms with Crippen LogP contribution in [0, 0.1) is 5.92 Å². The van der Waals surface area contributed by atoms with E-state index in [1.165, 1.54) is 14.2 Å². The van der Waals surface area contributed by atoms with Crippen molar-refractivity contribution < 1.29 is 23.8 Å². The summed E-state index contributed by atoms with van der Waals surface area (Å²) in [5.41, 5.74) is 6.94. The zero-order valence-electron chi connectivity index (χ0n) is 18.4. The van der Waals surface area contributed by atoms with Crippen molar-refractivity contribution in [2.45, 2.75) is 26.5 Å². The van der Waals surface area contributed by atoms with Crippen molar-refractivity contribution in [3.05, 3.63) is 53.9 Å². The quantitative estimate of drug-likeness (QED) is 0.514. The number of nitrogen functional groups attached to an aromatic ring is 1. The van der Waals surface area contributed by atoms with E-state index < -0.39 is 17.9 Å². The maximum atomic E-state index is 12.8. The largest absolute Gasteiger partial charge is 0.497 e. The molecule has 0 saturated heterocycles. The van der Waals surface area contributed by atoms with Gasteiger partial charge in [-0.2, -0.15) is 0 Å². The second-order valence-corrected chi connectivity index (χ2v) is 7.45. The van der Waals surface area contributed by atoms with Gasteiger partial charge in [0.2, 0.25) is 0 Å². The maximum absolute atomic E-state index is 12.8. The van der Waals surface area contributed by atoms with E-state index in [1.807, 2.05) is 32.0 Å². The Balaban J connectivity index is 1.72. The molecule has 32 heavy (non-hydrogen) atoms. The first-order valence-corrected chi connectivity index (χ1v) is 10.0. The molecule has 1 atom stereocenters. The molecule has 0 spiro atoms. The molecule has 0 unspecified atom stereocenters. The summed E-state index contributed by atoms with van der Waals surface area (Å²) in [5, 5.41) is 3.45. The predicted molar refractivity (Wildman–Crippen MR) is 119 cm³/mol. The maximum Gasteiger partial charge on any atom is 0.329 e. The number of para-hydroxylation sites is 1. The Bertz CT molecular complexity index is 1110. The van der Waals surface area contributed by atoms with Gasteiger partial charge in [-0.15, -0.1) is 0 Å². The molecule has 0 aliphatic carbocycles. The van der Waals surface area contributed by atoms with E-state index in [0.717, 1.165) is 5.39 Å². The van der Waals surface area contributed by atoms with E-state index in [0.29, 0.717) is 28.4 Å². The molecule has 168 valence electrons. The lowest BCUT2D eigenvalue weighted by Gasteiger charge is -2.21. The molecule has 9 heteroatoms. The Morgan fingerprint density at radius 3 is 2.31 bits per heavy atom. The van der Waals surface area contributed by atoms with Crippen molar-refractivity contribution in [1.29, 1.82) is 0 Å². The molecular weight excluding hydrogens is 412 g/mol. The molecule has 0 aliphatic rings. The van der Waals surface area contributed by atoms with Gasteiger partial charge in [-0.3, -0.25) is 4.79 Å². The number of fused-ring (bicyclic) bond motifs is 1. The summed E-state index contributed by atoms with van der Waals surface area (Å²) in [6.45, 7) is 3.45. The summed E-state index contributed by atoms with van der Waals surface area (Å²) in [4.78, 5) is 34.1. The zero-order valence-corrected chi connectivity index (χ0v) is 18.4. The first-order valence-electron chi connectivity index (χ1n) is 10.0. The number of carbonyl (C=O) groups is 2. The summed E-state index contributed by atoms with van der Waals surface area (Å²) in [5.74, 6) is 0.237. The highest BCUT2D eigenvalue weighted by molar-refractivity contribution is 5.97. The Labute approximate surface area is 185 Å². The van der Waals surface area contributed by atoms with Gasteiger partial charge in [0.25, 0.3) is 5.91 Å². The first-order chi connectivity index (χ1) is 15.3. The van der Waals surface area contributed by atoms with E-state index in [4.69, 9.17) is 19.9 Å². The normalized spacial score (nSPS) is 11.8. The molecule has 3 aromatic rings. The smallest absolute Gasteiger partial charge is 0.329 e. The molecule has 3 rings (SSSR count). The molecule has 0 fully saturated rings. The average Bonchev–Trinajstić information content (AvgIpc) is 2.80. The minimum Gasteiger partial charge on any atom is -0.497 e. The van der Waals surface area contributed by atoms with E-state index in [9.17, 15) is 9.59 Å². The van der Waals surface area contributed by atoms with Crippen LogP contribution in [0.4, 0.5) is 5.82 Å². The molecule has 0 saturated carbocycles. The molecule has 0 radical (unpaired) electrons. The Morgan fingerprint density at radius 2 is 1.69 bits per heavy atom. The summed E-state index contributed by atoms with van der Waals surface area (Å²) < 4.78 is 15.8. The van der Waals surface area contributed by atoms with Crippen LogP contribution in [0.25, 0.3) is 10.9 Å². The third-order valence-electron chi connectivity index (χ3n) is 4.84. The number of benzene rings is 2. The number of hydrogen-bond acceptors (Lipinski definition) is 8. The summed E-state index contributed by atoms with van der Waals surface area (Å²) >= 11 is 0. The van der Waals surface area contributed by atoms with Crippen molar-refractivity contribution in [2.24, 2.45) is 5.92 Å². The average molecular weight is 438 g/mol. The van der Waals surface area contributed by atoms with Crippen LogP contribution in [-0.2, 0) is 16.1 Å². The van der Waals surface area contributed by atoms with E-state index in [1.54, 1.807) is 24.3 Å². The third-order valence-corrected chi connectivity index (χ3v) is 4.84. The SMILES string of the molecule is COc1cc(OC)cc(C(=O)N[C@H](C(=O)OCc2nc(N)c3ccccc3n2)C(C)C)c1. The topological polar surface area (TPSA) is 126 Å². The van der Waals surface area contributed by atoms with Gasteiger partial charge in [0.1, 0.15) is 23.4 Å². The number of methoxy groups -OCH3 is 2. The fourth-order valence-corrected chi connectivity index (χ4v) is 3.10. The van der Waals surface area contributed by atoms with E-state index in [2.05, 4.69) is 15.3 Å². The van der Waals surface area contributed by atoms with Crippen LogP contribution in [0.15, 0.2) is 42.5 Å². The number of ether oxygens (including phenoxy) is 3. The number of aromatic nitrogens is 2. The number of anilines is 1. The van der Waals surface area contributed by atoms with Crippen molar-refractivity contribution in [3.63, 3.8) is 0 Å². The van der Waals surface area contributed by atoms with Crippen LogP contribution in [-0.4, -0.2) is 42.1 Å². The highest BCUT2D eigenvalue weighted by Crippen LogP contribution is 2.23. The van der Waals surface area contributed by atoms with Crippen LogP contribution >= 0.6 is 0 Å². The van der Waals surface area contributed by atoms with Crippen molar-refractivity contribution in [2.75, 3.05) is 20.0 Å². The number of carbonyl (C=O) groups excluding carboxylic acids is 2. The lowest BCUT2D eigenvalue weighted by molar-refractivity contribution is -0.148. The number of nitrogens with zero attached hydrogens (tertiary/aromatic N) is 2. The number of rotatable bonds is 8. The van der Waals surface area contributed by atoms with Gasteiger partial charge < -0.3 is 25.3 Å².